The Hall–Kier alpha value is -1.93. The summed E-state index contributed by atoms with van der Waals surface area (Å²) < 4.78 is 6.03. The summed E-state index contributed by atoms with van der Waals surface area (Å²) in [5, 5.41) is 2.24. The fraction of sp³-hybridized carbons (Fsp3) is 0.350. The number of ketones is 1. The second-order valence-corrected chi connectivity index (χ2v) is 6.11. The first-order chi connectivity index (χ1) is 10.7. The Labute approximate surface area is 131 Å². The number of benzene rings is 2. The molecule has 114 valence electrons. The number of hydrogen-bond acceptors (Lipinski definition) is 2. The van der Waals surface area contributed by atoms with Crippen molar-refractivity contribution < 1.29 is 9.53 Å². The van der Waals surface area contributed by atoms with Crippen molar-refractivity contribution in [2.75, 3.05) is 6.61 Å². The average molecular weight is 294 g/mol. The monoisotopic (exact) mass is 294 g/mol. The summed E-state index contributed by atoms with van der Waals surface area (Å²) in [6.45, 7) is 6.55. The molecule has 22 heavy (non-hydrogen) atoms. The van der Waals surface area contributed by atoms with Gasteiger partial charge in [0.05, 0.1) is 0 Å². The Morgan fingerprint density at radius 2 is 2.00 bits per heavy atom. The maximum atomic E-state index is 13.2. The topological polar surface area (TPSA) is 26.3 Å². The van der Waals surface area contributed by atoms with Crippen LogP contribution in [-0.4, -0.2) is 18.0 Å². The van der Waals surface area contributed by atoms with Crippen LogP contribution in [0.5, 0.6) is 0 Å². The van der Waals surface area contributed by atoms with Crippen molar-refractivity contribution in [3.63, 3.8) is 0 Å². The minimum Gasteiger partial charge on any atom is -0.366 e. The number of carbonyl (C=O) groups is 1. The van der Waals surface area contributed by atoms with Gasteiger partial charge in [0.25, 0.3) is 0 Å². The van der Waals surface area contributed by atoms with Gasteiger partial charge in [-0.25, -0.2) is 0 Å². The second kappa shape index (κ2) is 6.05. The quantitative estimate of drug-likeness (QED) is 0.599. The molecule has 3 rings (SSSR count). The largest absolute Gasteiger partial charge is 0.366 e. The van der Waals surface area contributed by atoms with E-state index in [0.717, 1.165) is 35.6 Å². The summed E-state index contributed by atoms with van der Waals surface area (Å²) in [4.78, 5) is 13.2. The summed E-state index contributed by atoms with van der Waals surface area (Å²) in [5.74, 6) is 0.0946. The van der Waals surface area contributed by atoms with Gasteiger partial charge in [0.2, 0.25) is 0 Å². The van der Waals surface area contributed by atoms with Gasteiger partial charge in [0, 0.05) is 18.1 Å². The smallest absolute Gasteiger partial charge is 0.195 e. The Kier molecular flexibility index (Phi) is 4.12. The SMILES string of the molecule is C=CC(C)C1(C(=O)c2ccc3ccccc3c2)CCCCO1. The van der Waals surface area contributed by atoms with E-state index in [1.807, 2.05) is 49.4 Å². The number of Topliss-reactive ketones (excluding diaryl/α,β-unsaturated/α-hetero) is 1. The first-order valence-corrected chi connectivity index (χ1v) is 7.97. The zero-order valence-electron chi connectivity index (χ0n) is 13.0. The predicted octanol–water partition coefficient (Wildman–Crippen LogP) is 4.78. The Morgan fingerprint density at radius 3 is 2.68 bits per heavy atom. The highest BCUT2D eigenvalue weighted by Crippen LogP contribution is 2.36. The summed E-state index contributed by atoms with van der Waals surface area (Å²) in [7, 11) is 0. The first-order valence-electron chi connectivity index (χ1n) is 7.97. The minimum absolute atomic E-state index is 0.00627. The number of carbonyl (C=O) groups excluding carboxylic acids is 1. The standard InChI is InChI=1S/C20H22O2/c1-3-15(2)20(12-6-7-13-22-20)19(21)18-11-10-16-8-4-5-9-17(16)14-18/h3-5,8-11,14-15H,1,6-7,12-13H2,2H3. The Bertz CT molecular complexity index is 696. The van der Waals surface area contributed by atoms with Crippen LogP contribution in [0, 0.1) is 5.92 Å². The van der Waals surface area contributed by atoms with Crippen molar-refractivity contribution in [3.05, 3.63) is 60.7 Å². The number of rotatable bonds is 4. The average Bonchev–Trinajstić information content (AvgIpc) is 2.60. The lowest BCUT2D eigenvalue weighted by Gasteiger charge is -2.39. The third kappa shape index (κ3) is 2.48. The van der Waals surface area contributed by atoms with Crippen molar-refractivity contribution in [1.82, 2.24) is 0 Å². The molecule has 0 saturated carbocycles. The normalized spacial score (nSPS) is 23.1. The van der Waals surface area contributed by atoms with Gasteiger partial charge in [-0.3, -0.25) is 4.79 Å². The minimum atomic E-state index is -0.748. The van der Waals surface area contributed by atoms with E-state index in [9.17, 15) is 4.79 Å². The van der Waals surface area contributed by atoms with Gasteiger partial charge in [-0.05, 0) is 36.1 Å². The molecule has 0 radical (unpaired) electrons. The predicted molar refractivity (Wildman–Crippen MR) is 90.2 cm³/mol. The van der Waals surface area contributed by atoms with E-state index in [1.54, 1.807) is 0 Å². The third-order valence-corrected chi connectivity index (χ3v) is 4.79. The molecule has 2 aromatic rings. The molecule has 2 unspecified atom stereocenters. The van der Waals surface area contributed by atoms with Gasteiger partial charge in [-0.1, -0.05) is 49.4 Å². The summed E-state index contributed by atoms with van der Waals surface area (Å²) in [5.41, 5.74) is -0.0167. The molecule has 0 bridgehead atoms. The molecule has 1 aliphatic heterocycles. The third-order valence-electron chi connectivity index (χ3n) is 4.79. The van der Waals surface area contributed by atoms with E-state index in [0.29, 0.717) is 6.61 Å². The Balaban J connectivity index is 2.03. The molecule has 1 fully saturated rings. The molecule has 2 atom stereocenters. The van der Waals surface area contributed by atoms with Gasteiger partial charge < -0.3 is 4.74 Å². The van der Waals surface area contributed by atoms with Gasteiger partial charge >= 0.3 is 0 Å². The molecule has 2 heteroatoms. The van der Waals surface area contributed by atoms with E-state index < -0.39 is 5.60 Å². The molecule has 0 N–H and O–H groups in total. The molecule has 0 aliphatic carbocycles. The van der Waals surface area contributed by atoms with Crippen LogP contribution in [0.3, 0.4) is 0 Å². The summed E-state index contributed by atoms with van der Waals surface area (Å²) >= 11 is 0. The fourth-order valence-electron chi connectivity index (χ4n) is 3.33. The molecule has 1 heterocycles. The lowest BCUT2D eigenvalue weighted by molar-refractivity contribution is -0.0735. The van der Waals surface area contributed by atoms with Gasteiger partial charge in [0.15, 0.2) is 5.78 Å². The van der Waals surface area contributed by atoms with E-state index >= 15 is 0 Å². The van der Waals surface area contributed by atoms with Crippen LogP contribution in [0.15, 0.2) is 55.1 Å². The van der Waals surface area contributed by atoms with Crippen molar-refractivity contribution >= 4 is 16.6 Å². The molecule has 2 nitrogen and oxygen atoms in total. The number of ether oxygens (including phenoxy) is 1. The van der Waals surface area contributed by atoms with Crippen LogP contribution in [-0.2, 0) is 4.74 Å². The number of fused-ring (bicyclic) bond motifs is 1. The second-order valence-electron chi connectivity index (χ2n) is 6.11. The van der Waals surface area contributed by atoms with Gasteiger partial charge in [0.1, 0.15) is 5.60 Å². The molecular formula is C20H22O2. The van der Waals surface area contributed by atoms with Crippen LogP contribution in [0.4, 0.5) is 0 Å². The molecular weight excluding hydrogens is 272 g/mol. The maximum absolute atomic E-state index is 13.2. The molecule has 0 spiro atoms. The van der Waals surface area contributed by atoms with E-state index in [-0.39, 0.29) is 11.7 Å². The van der Waals surface area contributed by atoms with E-state index in [1.165, 1.54) is 0 Å². The lowest BCUT2D eigenvalue weighted by Crippen LogP contribution is -2.49. The maximum Gasteiger partial charge on any atom is 0.195 e. The highest BCUT2D eigenvalue weighted by Gasteiger charge is 2.44. The van der Waals surface area contributed by atoms with Crippen LogP contribution in [0.1, 0.15) is 36.5 Å². The zero-order valence-corrected chi connectivity index (χ0v) is 13.0. The van der Waals surface area contributed by atoms with Crippen LogP contribution in [0.2, 0.25) is 0 Å². The highest BCUT2D eigenvalue weighted by molar-refractivity contribution is 6.05. The summed E-state index contributed by atoms with van der Waals surface area (Å²) in [6.07, 6.45) is 4.66. The van der Waals surface area contributed by atoms with Crippen LogP contribution < -0.4 is 0 Å². The van der Waals surface area contributed by atoms with Crippen LogP contribution in [0.25, 0.3) is 10.8 Å². The van der Waals surface area contributed by atoms with E-state index in [4.69, 9.17) is 4.74 Å². The molecule has 0 aromatic heterocycles. The molecule has 1 saturated heterocycles. The molecule has 1 aliphatic rings. The van der Waals surface area contributed by atoms with Crippen molar-refractivity contribution in [3.8, 4) is 0 Å². The van der Waals surface area contributed by atoms with Crippen molar-refractivity contribution in [1.29, 1.82) is 0 Å². The lowest BCUT2D eigenvalue weighted by atomic mass is 9.76. The molecule has 2 aromatic carbocycles. The van der Waals surface area contributed by atoms with Crippen molar-refractivity contribution in [2.24, 2.45) is 5.92 Å². The molecule has 0 amide bonds. The zero-order chi connectivity index (χ0) is 15.6. The van der Waals surface area contributed by atoms with E-state index in [2.05, 4.69) is 12.6 Å². The van der Waals surface area contributed by atoms with Gasteiger partial charge in [-0.15, -0.1) is 6.58 Å². The first kappa shape index (κ1) is 15.0. The summed E-state index contributed by atoms with van der Waals surface area (Å²) in [6, 6.07) is 14.0. The fourth-order valence-corrected chi connectivity index (χ4v) is 3.33. The number of hydrogen-bond donors (Lipinski definition) is 0. The van der Waals surface area contributed by atoms with Crippen molar-refractivity contribution in [2.45, 2.75) is 31.8 Å². The van der Waals surface area contributed by atoms with Gasteiger partial charge in [-0.2, -0.15) is 0 Å². The Morgan fingerprint density at radius 1 is 1.23 bits per heavy atom. The highest BCUT2D eigenvalue weighted by atomic mass is 16.5. The van der Waals surface area contributed by atoms with Crippen LogP contribution >= 0.6 is 0 Å².